The number of fused-ring (bicyclic) bond motifs is 9. The molecule has 0 aliphatic rings. The number of aromatic nitrogens is 4. The van der Waals surface area contributed by atoms with Gasteiger partial charge in [-0.1, -0.05) is 146 Å². The third-order valence-corrected chi connectivity index (χ3v) is 12.6. The van der Waals surface area contributed by atoms with E-state index < -0.39 is 0 Å². The van der Waals surface area contributed by atoms with Crippen LogP contribution in [0.15, 0.2) is 194 Å². The average molecular weight is 745 g/mol. The van der Waals surface area contributed by atoms with Crippen LogP contribution in [0.1, 0.15) is 0 Å². The van der Waals surface area contributed by atoms with Crippen molar-refractivity contribution in [2.45, 2.75) is 0 Å². The summed E-state index contributed by atoms with van der Waals surface area (Å²) in [7, 11) is 0. The number of para-hydroxylation sites is 2. The third-order valence-electron chi connectivity index (χ3n) is 11.4. The second-order valence-electron chi connectivity index (χ2n) is 14.6. The van der Waals surface area contributed by atoms with E-state index in [1.807, 2.05) is 23.5 Å². The molecule has 4 heterocycles. The highest BCUT2D eigenvalue weighted by Crippen LogP contribution is 2.42. The van der Waals surface area contributed by atoms with Crippen LogP contribution in [0.3, 0.4) is 0 Å². The molecule has 0 saturated heterocycles. The Bertz CT molecular complexity index is 3460. The fraction of sp³-hybridized carbons (Fsp3) is 0. The minimum atomic E-state index is 0.649. The molecule has 8 aromatic carbocycles. The molecule has 0 amide bonds. The molecule has 0 saturated carbocycles. The van der Waals surface area contributed by atoms with Gasteiger partial charge in [0.2, 0.25) is 5.95 Å². The first kappa shape index (κ1) is 32.0. The molecule has 0 unspecified atom stereocenters. The van der Waals surface area contributed by atoms with Gasteiger partial charge in [-0.3, -0.25) is 4.57 Å². The fourth-order valence-electron chi connectivity index (χ4n) is 8.73. The molecule has 0 fully saturated rings. The number of hydrogen-bond acceptors (Lipinski definition) is 3. The van der Waals surface area contributed by atoms with Crippen LogP contribution in [0.5, 0.6) is 0 Å². The first-order valence-corrected chi connectivity index (χ1v) is 20.1. The number of benzene rings is 8. The lowest BCUT2D eigenvalue weighted by Gasteiger charge is -2.12. The van der Waals surface area contributed by atoms with Crippen LogP contribution in [-0.2, 0) is 0 Å². The summed E-state index contributed by atoms with van der Waals surface area (Å²) >= 11 is 1.87. The van der Waals surface area contributed by atoms with Crippen LogP contribution in [0, 0.1) is 0 Å². The molecular weight excluding hydrogens is 713 g/mol. The van der Waals surface area contributed by atoms with Crippen molar-refractivity contribution in [3.05, 3.63) is 194 Å². The van der Waals surface area contributed by atoms with Gasteiger partial charge in [0.25, 0.3) is 0 Å². The van der Waals surface area contributed by atoms with Crippen LogP contribution in [-0.4, -0.2) is 19.1 Å². The Kier molecular flexibility index (Phi) is 7.06. The maximum Gasteiger partial charge on any atom is 0.235 e. The monoisotopic (exact) mass is 744 g/mol. The largest absolute Gasteiger partial charge is 0.308 e. The average Bonchev–Trinajstić information content (AvgIpc) is 3.94. The molecule has 0 aliphatic carbocycles. The Morgan fingerprint density at radius 1 is 0.333 bits per heavy atom. The van der Waals surface area contributed by atoms with Crippen molar-refractivity contribution in [1.82, 2.24) is 19.1 Å². The van der Waals surface area contributed by atoms with Gasteiger partial charge in [-0.05, 0) is 59.7 Å². The molecule has 0 bridgehead atoms. The number of hydrogen-bond donors (Lipinski definition) is 0. The Morgan fingerprint density at radius 2 is 0.877 bits per heavy atom. The van der Waals surface area contributed by atoms with E-state index in [0.717, 1.165) is 49.9 Å². The van der Waals surface area contributed by atoms with Crippen LogP contribution in [0.2, 0.25) is 0 Å². The molecule has 266 valence electrons. The van der Waals surface area contributed by atoms with E-state index in [9.17, 15) is 0 Å². The van der Waals surface area contributed by atoms with Crippen molar-refractivity contribution >= 4 is 75.1 Å². The normalized spacial score (nSPS) is 11.9. The van der Waals surface area contributed by atoms with Crippen molar-refractivity contribution < 1.29 is 0 Å². The van der Waals surface area contributed by atoms with Gasteiger partial charge in [-0.25, -0.2) is 9.97 Å². The topological polar surface area (TPSA) is 35.6 Å². The zero-order valence-electron chi connectivity index (χ0n) is 30.7. The maximum absolute atomic E-state index is 5.23. The Morgan fingerprint density at radius 3 is 1.61 bits per heavy atom. The van der Waals surface area contributed by atoms with Crippen molar-refractivity contribution in [2.75, 3.05) is 0 Å². The van der Waals surface area contributed by atoms with Gasteiger partial charge in [-0.2, -0.15) is 0 Å². The molecule has 4 aromatic heterocycles. The van der Waals surface area contributed by atoms with Crippen molar-refractivity contribution in [3.63, 3.8) is 0 Å². The highest BCUT2D eigenvalue weighted by atomic mass is 32.1. The number of thiophene rings is 1. The van der Waals surface area contributed by atoms with E-state index in [2.05, 4.69) is 191 Å². The summed E-state index contributed by atoms with van der Waals surface area (Å²) in [6.45, 7) is 0. The smallest absolute Gasteiger partial charge is 0.235 e. The Balaban J connectivity index is 1.06. The molecule has 12 aromatic rings. The van der Waals surface area contributed by atoms with Crippen LogP contribution in [0.4, 0.5) is 0 Å². The highest BCUT2D eigenvalue weighted by molar-refractivity contribution is 7.26. The Labute approximate surface area is 332 Å². The van der Waals surface area contributed by atoms with E-state index in [-0.39, 0.29) is 0 Å². The minimum absolute atomic E-state index is 0.649. The predicted octanol–water partition coefficient (Wildman–Crippen LogP) is 14.0. The fourth-order valence-corrected chi connectivity index (χ4v) is 9.94. The lowest BCUT2D eigenvalue weighted by atomic mass is 10.0. The molecule has 0 N–H and O–H groups in total. The van der Waals surface area contributed by atoms with Gasteiger partial charge in [0, 0.05) is 48.1 Å². The number of rotatable bonds is 5. The second-order valence-corrected chi connectivity index (χ2v) is 15.6. The molecular formula is C52H32N4S. The van der Waals surface area contributed by atoms with E-state index >= 15 is 0 Å². The van der Waals surface area contributed by atoms with Crippen molar-refractivity contribution in [3.8, 4) is 45.3 Å². The summed E-state index contributed by atoms with van der Waals surface area (Å²) in [5.41, 5.74) is 12.0. The first-order valence-electron chi connectivity index (χ1n) is 19.2. The van der Waals surface area contributed by atoms with Crippen molar-refractivity contribution in [1.29, 1.82) is 0 Å². The molecule has 0 atom stereocenters. The molecule has 0 radical (unpaired) electrons. The molecule has 4 nitrogen and oxygen atoms in total. The van der Waals surface area contributed by atoms with E-state index in [4.69, 9.17) is 9.97 Å². The van der Waals surface area contributed by atoms with E-state index in [1.54, 1.807) is 0 Å². The lowest BCUT2D eigenvalue weighted by molar-refractivity contribution is 0.995. The van der Waals surface area contributed by atoms with E-state index in [0.29, 0.717) is 5.95 Å². The molecule has 57 heavy (non-hydrogen) atoms. The standard InChI is InChI=1S/C52H32N4S/c1-3-14-33(15-4-1)43-32-44(34-16-5-2-6-17-34)54-52(53-43)56-46-23-11-8-19-38(46)42-30-35(27-29-47(42)56)36-26-28-39-37-18-7-10-22-45(37)55(49(39)31-36)48-24-13-21-41-40-20-9-12-25-50(40)57-51(41)48/h1-32H. The first-order chi connectivity index (χ1) is 28.3. The maximum atomic E-state index is 5.23. The SMILES string of the molecule is c1ccc(-c2cc(-c3ccccc3)nc(-n3c4ccccc4c4cc(-c5ccc6c7ccccc7n(-c7cccc8c7sc7ccccc78)c6c5)ccc43)n2)cc1. The summed E-state index contributed by atoms with van der Waals surface area (Å²) in [4.78, 5) is 10.5. The van der Waals surface area contributed by atoms with Crippen LogP contribution in [0.25, 0.3) is 109 Å². The third kappa shape index (κ3) is 4.99. The predicted molar refractivity (Wildman–Crippen MR) is 240 cm³/mol. The molecule has 5 heteroatoms. The number of nitrogens with zero attached hydrogens (tertiary/aromatic N) is 4. The highest BCUT2D eigenvalue weighted by Gasteiger charge is 2.20. The summed E-state index contributed by atoms with van der Waals surface area (Å²) in [6, 6.07) is 69.5. The zero-order chi connectivity index (χ0) is 37.5. The van der Waals surface area contributed by atoms with E-state index in [1.165, 1.54) is 53.2 Å². The summed E-state index contributed by atoms with van der Waals surface area (Å²) in [5, 5.41) is 7.43. The summed E-state index contributed by atoms with van der Waals surface area (Å²) in [6.07, 6.45) is 0. The molecule has 12 rings (SSSR count). The lowest BCUT2D eigenvalue weighted by Crippen LogP contribution is -2.03. The second kappa shape index (κ2) is 12.6. The van der Waals surface area contributed by atoms with Crippen molar-refractivity contribution in [2.24, 2.45) is 0 Å². The minimum Gasteiger partial charge on any atom is -0.308 e. The Hall–Kier alpha value is -7.34. The van der Waals surface area contributed by atoms with Gasteiger partial charge in [0.05, 0.1) is 43.8 Å². The summed E-state index contributed by atoms with van der Waals surface area (Å²) < 4.78 is 7.30. The van der Waals surface area contributed by atoms with Gasteiger partial charge >= 0.3 is 0 Å². The molecule has 0 spiro atoms. The zero-order valence-corrected chi connectivity index (χ0v) is 31.5. The van der Waals surface area contributed by atoms with Crippen LogP contribution >= 0.6 is 11.3 Å². The quantitative estimate of drug-likeness (QED) is 0.176. The van der Waals surface area contributed by atoms with Gasteiger partial charge < -0.3 is 4.57 Å². The van der Waals surface area contributed by atoms with Gasteiger partial charge in [0.15, 0.2) is 0 Å². The summed E-state index contributed by atoms with van der Waals surface area (Å²) in [5.74, 6) is 0.649. The van der Waals surface area contributed by atoms with Gasteiger partial charge in [0.1, 0.15) is 0 Å². The van der Waals surface area contributed by atoms with Gasteiger partial charge in [-0.15, -0.1) is 11.3 Å². The molecule has 0 aliphatic heterocycles. The van der Waals surface area contributed by atoms with Crippen LogP contribution < -0.4 is 0 Å².